The molecule has 1 saturated carbocycles. The Morgan fingerprint density at radius 3 is 2.11 bits per heavy atom. The van der Waals surface area contributed by atoms with Crippen molar-refractivity contribution in [3.63, 3.8) is 0 Å². The second kappa shape index (κ2) is 18.6. The van der Waals surface area contributed by atoms with Gasteiger partial charge in [-0.1, -0.05) is 58.8 Å². The normalized spacial score (nSPS) is 22.3. The molecule has 0 amide bonds. The molecule has 0 aromatic rings. The van der Waals surface area contributed by atoms with Gasteiger partial charge in [-0.15, -0.1) is 0 Å². The Balaban J connectivity index is 3.16. The highest BCUT2D eigenvalue weighted by atomic mass is 16.6. The van der Waals surface area contributed by atoms with Crippen molar-refractivity contribution in [1.82, 2.24) is 0 Å². The van der Waals surface area contributed by atoms with E-state index in [1.165, 1.54) is 0 Å². The van der Waals surface area contributed by atoms with Crippen LogP contribution in [0.25, 0.3) is 0 Å². The van der Waals surface area contributed by atoms with Crippen LogP contribution in [-0.2, 0) is 33.4 Å². The minimum Gasteiger partial charge on any atom is -0.481 e. The molecule has 8 heteroatoms. The molecule has 1 aliphatic carbocycles. The fourth-order valence-electron chi connectivity index (χ4n) is 4.46. The highest BCUT2D eigenvalue weighted by Crippen LogP contribution is 2.40. The van der Waals surface area contributed by atoms with Gasteiger partial charge in [-0.2, -0.15) is 0 Å². The second-order valence-corrected chi connectivity index (χ2v) is 9.50. The first kappa shape index (κ1) is 32.4. The first-order chi connectivity index (χ1) is 17.7. The van der Waals surface area contributed by atoms with E-state index in [0.717, 1.165) is 19.3 Å². The predicted octanol–water partition coefficient (Wildman–Crippen LogP) is 5.93. The highest BCUT2D eigenvalue weighted by Gasteiger charge is 2.45. The van der Waals surface area contributed by atoms with Crippen molar-refractivity contribution < 1.29 is 38.5 Å². The van der Waals surface area contributed by atoms with Crippen LogP contribution in [0.3, 0.4) is 0 Å². The van der Waals surface area contributed by atoms with Crippen LogP contribution in [0.5, 0.6) is 0 Å². The molecule has 0 aliphatic heterocycles. The van der Waals surface area contributed by atoms with Gasteiger partial charge in [-0.3, -0.25) is 19.2 Å². The van der Waals surface area contributed by atoms with E-state index in [4.69, 9.17) is 19.3 Å². The first-order valence-corrected chi connectivity index (χ1v) is 13.9. The van der Waals surface area contributed by atoms with Crippen molar-refractivity contribution >= 4 is 23.9 Å². The zero-order valence-corrected chi connectivity index (χ0v) is 23.0. The van der Waals surface area contributed by atoms with E-state index in [1.54, 1.807) is 20.8 Å². The van der Waals surface area contributed by atoms with Gasteiger partial charge in [0.2, 0.25) is 0 Å². The third-order valence-corrected chi connectivity index (χ3v) is 6.56. The van der Waals surface area contributed by atoms with Crippen LogP contribution in [0.15, 0.2) is 24.3 Å². The van der Waals surface area contributed by atoms with Crippen LogP contribution in [0.1, 0.15) is 105 Å². The zero-order chi connectivity index (χ0) is 27.6. The van der Waals surface area contributed by atoms with Crippen molar-refractivity contribution in [2.24, 2.45) is 11.8 Å². The number of rotatable bonds is 18. The molecule has 0 spiro atoms. The quantitative estimate of drug-likeness (QED) is 0.102. The van der Waals surface area contributed by atoms with Crippen molar-refractivity contribution in [2.75, 3.05) is 0 Å². The van der Waals surface area contributed by atoms with Crippen LogP contribution in [0, 0.1) is 11.8 Å². The minimum absolute atomic E-state index is 0.112. The van der Waals surface area contributed by atoms with E-state index in [9.17, 15) is 19.2 Å². The van der Waals surface area contributed by atoms with Crippen LogP contribution in [-0.4, -0.2) is 47.3 Å². The summed E-state index contributed by atoms with van der Waals surface area (Å²) in [6.07, 6.45) is 13.4. The number of aliphatic carboxylic acids is 1. The molecule has 1 rings (SSSR count). The molecular weight excluding hydrogens is 476 g/mol. The number of unbranched alkanes of at least 4 members (excludes halogenated alkanes) is 3. The molecule has 0 bridgehead atoms. The van der Waals surface area contributed by atoms with E-state index in [1.807, 2.05) is 24.3 Å². The van der Waals surface area contributed by atoms with E-state index in [2.05, 4.69) is 6.92 Å². The Labute approximate surface area is 221 Å². The maximum Gasteiger partial charge on any atom is 0.306 e. The molecule has 0 radical (unpaired) electrons. The van der Waals surface area contributed by atoms with E-state index in [-0.39, 0.29) is 55.1 Å². The maximum absolute atomic E-state index is 12.2. The first-order valence-electron chi connectivity index (χ1n) is 13.9. The summed E-state index contributed by atoms with van der Waals surface area (Å²) in [6.45, 7) is 7.36. The van der Waals surface area contributed by atoms with Gasteiger partial charge >= 0.3 is 23.9 Å². The number of ether oxygens (including phenoxy) is 3. The van der Waals surface area contributed by atoms with Gasteiger partial charge in [0, 0.05) is 43.9 Å². The lowest BCUT2D eigenvalue weighted by atomic mass is 9.89. The van der Waals surface area contributed by atoms with E-state index < -0.39 is 18.2 Å². The molecule has 5 atom stereocenters. The number of carboxylic acids is 1. The molecule has 0 saturated heterocycles. The molecule has 37 heavy (non-hydrogen) atoms. The summed E-state index contributed by atoms with van der Waals surface area (Å²) in [7, 11) is 0. The Morgan fingerprint density at radius 2 is 1.51 bits per heavy atom. The standard InChI is InChI=1S/C29H46O8/c1-5-9-12-15-21(35-27(32)6-2)18-19-23-22(16-13-10-11-14-17-26(30)31)24(36-28(33)7-3)20-25(23)37-29(34)8-4/h10,13,18-19,21-25H,5-9,11-12,14-17,20H2,1-4H3,(H,30,31)/b13-10-,19-18+/t21-,22+,23+,24-,25?/m0/s1. The summed E-state index contributed by atoms with van der Waals surface area (Å²) >= 11 is 0. The molecular formula is C29H46O8. The predicted molar refractivity (Wildman–Crippen MR) is 141 cm³/mol. The van der Waals surface area contributed by atoms with Crippen molar-refractivity contribution in [1.29, 1.82) is 0 Å². The zero-order valence-electron chi connectivity index (χ0n) is 23.0. The number of carbonyl (C=O) groups is 4. The van der Waals surface area contributed by atoms with Crippen molar-refractivity contribution in [3.8, 4) is 0 Å². The number of carboxylic acid groups (broad SMARTS) is 1. The molecule has 210 valence electrons. The fraction of sp³-hybridized carbons (Fsp3) is 0.724. The van der Waals surface area contributed by atoms with Gasteiger partial charge in [0.1, 0.15) is 18.3 Å². The smallest absolute Gasteiger partial charge is 0.306 e. The third-order valence-electron chi connectivity index (χ3n) is 6.56. The van der Waals surface area contributed by atoms with Gasteiger partial charge < -0.3 is 19.3 Å². The SMILES string of the molecule is CCCCC[C@@H](/C=C/[C@H]1C(OC(=O)CC)C[C@H](OC(=O)CC)[C@@H]1C/C=C\CCCC(=O)O)OC(=O)CC. The lowest BCUT2D eigenvalue weighted by Crippen LogP contribution is -2.26. The lowest BCUT2D eigenvalue weighted by Gasteiger charge is -2.24. The number of esters is 3. The number of hydrogen-bond acceptors (Lipinski definition) is 7. The summed E-state index contributed by atoms with van der Waals surface area (Å²) in [5.41, 5.74) is 0. The summed E-state index contributed by atoms with van der Waals surface area (Å²) in [5.74, 6) is -2.05. The summed E-state index contributed by atoms with van der Waals surface area (Å²) in [5, 5.41) is 8.83. The van der Waals surface area contributed by atoms with Gasteiger partial charge in [-0.05, 0) is 38.2 Å². The number of allylic oxidation sites excluding steroid dienone is 2. The van der Waals surface area contributed by atoms with Crippen molar-refractivity contribution in [3.05, 3.63) is 24.3 Å². The topological polar surface area (TPSA) is 116 Å². The molecule has 1 N–H and O–H groups in total. The highest BCUT2D eigenvalue weighted by molar-refractivity contribution is 5.70. The Kier molecular flexibility index (Phi) is 16.3. The van der Waals surface area contributed by atoms with E-state index >= 15 is 0 Å². The molecule has 0 heterocycles. The van der Waals surface area contributed by atoms with Gasteiger partial charge in [0.25, 0.3) is 0 Å². The summed E-state index contributed by atoms with van der Waals surface area (Å²) in [4.78, 5) is 47.1. The summed E-state index contributed by atoms with van der Waals surface area (Å²) < 4.78 is 17.2. The van der Waals surface area contributed by atoms with Gasteiger partial charge in [0.15, 0.2) is 0 Å². The van der Waals surface area contributed by atoms with Crippen LogP contribution in [0.2, 0.25) is 0 Å². The summed E-state index contributed by atoms with van der Waals surface area (Å²) in [6, 6.07) is 0. The second-order valence-electron chi connectivity index (χ2n) is 9.50. The van der Waals surface area contributed by atoms with Crippen LogP contribution in [0.4, 0.5) is 0 Å². The molecule has 1 fully saturated rings. The monoisotopic (exact) mass is 522 g/mol. The largest absolute Gasteiger partial charge is 0.481 e. The molecule has 0 aromatic heterocycles. The average Bonchev–Trinajstić information content (AvgIpc) is 3.18. The Bertz CT molecular complexity index is 772. The van der Waals surface area contributed by atoms with Crippen LogP contribution >= 0.6 is 0 Å². The Morgan fingerprint density at radius 1 is 0.865 bits per heavy atom. The van der Waals surface area contributed by atoms with Crippen LogP contribution < -0.4 is 0 Å². The van der Waals surface area contributed by atoms with E-state index in [0.29, 0.717) is 38.5 Å². The number of carbonyl (C=O) groups excluding carboxylic acids is 3. The minimum atomic E-state index is -0.821. The molecule has 1 aliphatic rings. The van der Waals surface area contributed by atoms with Crippen molar-refractivity contribution in [2.45, 2.75) is 123 Å². The average molecular weight is 523 g/mol. The molecule has 8 nitrogen and oxygen atoms in total. The molecule has 1 unspecified atom stereocenters. The van der Waals surface area contributed by atoms with Gasteiger partial charge in [-0.25, -0.2) is 0 Å². The third kappa shape index (κ3) is 12.9. The van der Waals surface area contributed by atoms with Gasteiger partial charge in [0.05, 0.1) is 0 Å². The fourth-order valence-corrected chi connectivity index (χ4v) is 4.46. The Hall–Kier alpha value is -2.64. The maximum atomic E-state index is 12.2. The molecule has 0 aromatic carbocycles. The number of hydrogen-bond donors (Lipinski definition) is 1. The lowest BCUT2D eigenvalue weighted by molar-refractivity contribution is -0.152.